The summed E-state index contributed by atoms with van der Waals surface area (Å²) in [6, 6.07) is 0. The van der Waals surface area contributed by atoms with Crippen molar-refractivity contribution in [2.45, 2.75) is 73.0 Å². The summed E-state index contributed by atoms with van der Waals surface area (Å²) in [5.74, 6) is 1.29. The van der Waals surface area contributed by atoms with Crippen LogP contribution in [0.1, 0.15) is 49.9 Å². The highest BCUT2D eigenvalue weighted by atomic mass is 28.4. The third-order valence-electron chi connectivity index (χ3n) is 5.07. The predicted molar refractivity (Wildman–Crippen MR) is 104 cm³/mol. The molecule has 134 valence electrons. The van der Waals surface area contributed by atoms with Crippen molar-refractivity contribution in [1.29, 1.82) is 0 Å². The van der Waals surface area contributed by atoms with Gasteiger partial charge in [-0.1, -0.05) is 26.8 Å². The van der Waals surface area contributed by atoms with Crippen LogP contribution < -0.4 is 9.16 Å². The highest BCUT2D eigenvalue weighted by Gasteiger charge is 2.40. The Morgan fingerprint density at radius 3 is 2.00 bits per heavy atom. The highest BCUT2D eigenvalue weighted by molar-refractivity contribution is 6.74. The first-order valence-corrected chi connectivity index (χ1v) is 11.3. The topological polar surface area (TPSA) is 35.5 Å². The number of hydrogen-bond acceptors (Lipinski definition) is 3. The maximum absolute atomic E-state index is 11.5. The van der Waals surface area contributed by atoms with Crippen molar-refractivity contribution >= 4 is 14.3 Å². The van der Waals surface area contributed by atoms with E-state index in [2.05, 4.69) is 40.4 Å². The Morgan fingerprint density at radius 2 is 1.58 bits per heavy atom. The van der Waals surface area contributed by atoms with Gasteiger partial charge in [0.05, 0.1) is 0 Å². The van der Waals surface area contributed by atoms with Crippen molar-refractivity contribution in [2.75, 3.05) is 0 Å². The molecule has 0 N–H and O–H groups in total. The molecule has 0 bridgehead atoms. The second-order valence-electron chi connectivity index (χ2n) is 7.96. The highest BCUT2D eigenvalue weighted by Crippen LogP contribution is 2.43. The molecule has 0 aliphatic rings. The van der Waals surface area contributed by atoms with E-state index >= 15 is 0 Å². The Labute approximate surface area is 148 Å². The van der Waals surface area contributed by atoms with Gasteiger partial charge in [0.25, 0.3) is 8.32 Å². The second kappa shape index (κ2) is 7.14. The fraction of sp³-hybridized carbons (Fsp3) is 0.550. The minimum Gasteiger partial charge on any atom is -0.543 e. The van der Waals surface area contributed by atoms with E-state index in [0.29, 0.717) is 12.2 Å². The molecule has 0 saturated carbocycles. The molecule has 0 unspecified atom stereocenters. The van der Waals surface area contributed by atoms with Gasteiger partial charge in [-0.05, 0) is 62.0 Å². The van der Waals surface area contributed by atoms with Crippen molar-refractivity contribution in [3.63, 3.8) is 0 Å². The van der Waals surface area contributed by atoms with Gasteiger partial charge in [0, 0.05) is 12.5 Å². The molecule has 24 heavy (non-hydrogen) atoms. The third kappa shape index (κ3) is 4.10. The minimum absolute atomic E-state index is 0.112. The average Bonchev–Trinajstić information content (AvgIpc) is 2.43. The summed E-state index contributed by atoms with van der Waals surface area (Å²) in [5, 5.41) is 0.112. The first-order valence-electron chi connectivity index (χ1n) is 8.44. The van der Waals surface area contributed by atoms with E-state index in [1.54, 1.807) is 0 Å². The summed E-state index contributed by atoms with van der Waals surface area (Å²) in [4.78, 5) is 11.5. The molecular weight excluding hydrogens is 316 g/mol. The number of hydrogen-bond donors (Lipinski definition) is 0. The zero-order valence-electron chi connectivity index (χ0n) is 16.7. The molecule has 1 aromatic carbocycles. The lowest BCUT2D eigenvalue weighted by Gasteiger charge is -2.38. The molecule has 1 rings (SSSR count). The SMILES string of the molecule is C=CCc1c(C)c(OC(C)=O)c(C)c(C)c1O[Si](C)(C)C(C)(C)C. The standard InChI is InChI=1S/C20H32O3Si/c1-11-12-17-15(4)18(22-16(5)21)13(2)14(3)19(17)23-24(9,10)20(6,7)8/h11H,1,12H2,2-10H3. The number of rotatable bonds is 5. The van der Waals surface area contributed by atoms with Crippen LogP contribution in [0.4, 0.5) is 0 Å². The van der Waals surface area contributed by atoms with Gasteiger partial charge >= 0.3 is 5.97 Å². The molecule has 0 aromatic heterocycles. The van der Waals surface area contributed by atoms with Crippen LogP contribution in [0.3, 0.4) is 0 Å². The average molecular weight is 349 g/mol. The predicted octanol–water partition coefficient (Wildman–Crippen LogP) is 5.65. The van der Waals surface area contributed by atoms with E-state index in [1.807, 2.05) is 26.8 Å². The smallest absolute Gasteiger partial charge is 0.308 e. The molecule has 0 fully saturated rings. The van der Waals surface area contributed by atoms with E-state index in [-0.39, 0.29) is 11.0 Å². The first kappa shape index (κ1) is 20.5. The Balaban J connectivity index is 3.61. The molecule has 4 heteroatoms. The Bertz CT molecular complexity index is 652. The summed E-state index contributed by atoms with van der Waals surface area (Å²) in [6.45, 7) is 22.5. The van der Waals surface area contributed by atoms with Crippen molar-refractivity contribution in [1.82, 2.24) is 0 Å². The molecular formula is C20H32O3Si. The molecule has 0 aliphatic heterocycles. The monoisotopic (exact) mass is 348 g/mol. The molecule has 0 spiro atoms. The van der Waals surface area contributed by atoms with E-state index < -0.39 is 8.32 Å². The van der Waals surface area contributed by atoms with Gasteiger partial charge in [-0.3, -0.25) is 4.79 Å². The van der Waals surface area contributed by atoms with Crippen LogP contribution >= 0.6 is 0 Å². The lowest BCUT2D eigenvalue weighted by Crippen LogP contribution is -2.44. The molecule has 0 atom stereocenters. The molecule has 0 heterocycles. The van der Waals surface area contributed by atoms with Crippen LogP contribution in [-0.2, 0) is 11.2 Å². The fourth-order valence-electron chi connectivity index (χ4n) is 2.39. The van der Waals surface area contributed by atoms with Crippen molar-refractivity contribution in [2.24, 2.45) is 0 Å². The van der Waals surface area contributed by atoms with E-state index in [0.717, 1.165) is 28.0 Å². The van der Waals surface area contributed by atoms with Crippen LogP contribution in [0.5, 0.6) is 11.5 Å². The zero-order valence-corrected chi connectivity index (χ0v) is 17.7. The lowest BCUT2D eigenvalue weighted by molar-refractivity contribution is -0.131. The lowest BCUT2D eigenvalue weighted by atomic mass is 9.95. The minimum atomic E-state index is -1.97. The summed E-state index contributed by atoms with van der Waals surface area (Å²) in [6.07, 6.45) is 2.55. The Kier molecular flexibility index (Phi) is 6.09. The molecule has 0 radical (unpaired) electrons. The maximum atomic E-state index is 11.5. The number of esters is 1. The Morgan fingerprint density at radius 1 is 1.08 bits per heavy atom. The van der Waals surface area contributed by atoms with Gasteiger partial charge in [-0.15, -0.1) is 6.58 Å². The summed E-state index contributed by atoms with van der Waals surface area (Å²) in [5.41, 5.74) is 4.03. The number of carbonyl (C=O) groups is 1. The van der Waals surface area contributed by atoms with E-state index in [1.165, 1.54) is 6.92 Å². The van der Waals surface area contributed by atoms with Gasteiger partial charge in [-0.2, -0.15) is 0 Å². The summed E-state index contributed by atoms with van der Waals surface area (Å²) < 4.78 is 12.1. The molecule has 1 aromatic rings. The van der Waals surface area contributed by atoms with E-state index in [9.17, 15) is 4.79 Å². The van der Waals surface area contributed by atoms with Gasteiger partial charge < -0.3 is 9.16 Å². The number of ether oxygens (including phenoxy) is 1. The summed E-state index contributed by atoms with van der Waals surface area (Å²) >= 11 is 0. The van der Waals surface area contributed by atoms with Gasteiger partial charge in [-0.25, -0.2) is 0 Å². The number of benzene rings is 1. The third-order valence-corrected chi connectivity index (χ3v) is 9.40. The van der Waals surface area contributed by atoms with Crippen LogP contribution in [0.15, 0.2) is 12.7 Å². The molecule has 0 aliphatic carbocycles. The molecule has 0 amide bonds. The second-order valence-corrected chi connectivity index (χ2v) is 12.7. The van der Waals surface area contributed by atoms with Crippen LogP contribution in [0.25, 0.3) is 0 Å². The van der Waals surface area contributed by atoms with Crippen LogP contribution in [0.2, 0.25) is 18.1 Å². The van der Waals surface area contributed by atoms with E-state index in [4.69, 9.17) is 9.16 Å². The number of carbonyl (C=O) groups excluding carboxylic acids is 1. The van der Waals surface area contributed by atoms with Crippen LogP contribution in [0, 0.1) is 20.8 Å². The number of allylic oxidation sites excluding steroid dienone is 1. The van der Waals surface area contributed by atoms with Crippen LogP contribution in [-0.4, -0.2) is 14.3 Å². The first-order chi connectivity index (χ1) is 10.8. The largest absolute Gasteiger partial charge is 0.543 e. The van der Waals surface area contributed by atoms with Crippen molar-refractivity contribution < 1.29 is 14.0 Å². The fourth-order valence-corrected chi connectivity index (χ4v) is 3.48. The van der Waals surface area contributed by atoms with Gasteiger partial charge in [0.1, 0.15) is 11.5 Å². The summed E-state index contributed by atoms with van der Waals surface area (Å²) in [7, 11) is -1.97. The Hall–Kier alpha value is -1.55. The molecule has 3 nitrogen and oxygen atoms in total. The van der Waals surface area contributed by atoms with Crippen molar-refractivity contribution in [3.05, 3.63) is 34.9 Å². The maximum Gasteiger partial charge on any atom is 0.308 e. The normalized spacial score (nSPS) is 12.0. The zero-order chi connectivity index (χ0) is 18.9. The molecule has 0 saturated heterocycles. The van der Waals surface area contributed by atoms with Gasteiger partial charge in [0.2, 0.25) is 0 Å². The van der Waals surface area contributed by atoms with Crippen molar-refractivity contribution in [3.8, 4) is 11.5 Å². The van der Waals surface area contributed by atoms with Gasteiger partial charge in [0.15, 0.2) is 0 Å². The quantitative estimate of drug-likeness (QED) is 0.298.